The molecular formula is C23H25FN8O2. The van der Waals surface area contributed by atoms with E-state index in [0.29, 0.717) is 54.1 Å². The fourth-order valence-electron chi connectivity index (χ4n) is 3.85. The zero-order chi connectivity index (χ0) is 23.7. The van der Waals surface area contributed by atoms with Crippen molar-refractivity contribution in [2.75, 3.05) is 30.9 Å². The number of anilines is 2. The number of tetrazole rings is 1. The van der Waals surface area contributed by atoms with Gasteiger partial charge in [0.15, 0.2) is 0 Å². The van der Waals surface area contributed by atoms with Gasteiger partial charge in [0.05, 0.1) is 29.9 Å². The van der Waals surface area contributed by atoms with Gasteiger partial charge < -0.3 is 15.4 Å². The van der Waals surface area contributed by atoms with E-state index in [1.54, 1.807) is 24.0 Å². The Hall–Kier alpha value is -3.86. The Morgan fingerprint density at radius 2 is 2.12 bits per heavy atom. The fraction of sp³-hybridized carbons (Fsp3) is 0.348. The van der Waals surface area contributed by atoms with Crippen molar-refractivity contribution in [1.29, 1.82) is 0 Å². The number of aryl methyl sites for hydroxylation is 1. The van der Waals surface area contributed by atoms with Gasteiger partial charge in [0, 0.05) is 49.6 Å². The summed E-state index contributed by atoms with van der Waals surface area (Å²) in [7, 11) is 1.65. The molecule has 1 fully saturated rings. The zero-order valence-electron chi connectivity index (χ0n) is 18.9. The second-order valence-electron chi connectivity index (χ2n) is 8.36. The van der Waals surface area contributed by atoms with Crippen LogP contribution in [0.2, 0.25) is 0 Å². The van der Waals surface area contributed by atoms with E-state index >= 15 is 0 Å². The Morgan fingerprint density at radius 1 is 1.26 bits per heavy atom. The van der Waals surface area contributed by atoms with Crippen molar-refractivity contribution in [2.24, 2.45) is 0 Å². The number of alkyl halides is 1. The lowest BCUT2D eigenvalue weighted by atomic mass is 9.91. The number of amides is 1. The summed E-state index contributed by atoms with van der Waals surface area (Å²) >= 11 is 0. The predicted molar refractivity (Wildman–Crippen MR) is 125 cm³/mol. The second-order valence-corrected chi connectivity index (χ2v) is 8.36. The Kier molecular flexibility index (Phi) is 5.93. The van der Waals surface area contributed by atoms with Gasteiger partial charge >= 0.3 is 0 Å². The second kappa shape index (κ2) is 9.18. The molecule has 0 bridgehead atoms. The first-order valence-corrected chi connectivity index (χ1v) is 11.1. The van der Waals surface area contributed by atoms with Crippen LogP contribution in [0.1, 0.15) is 34.8 Å². The quantitative estimate of drug-likeness (QED) is 0.385. The topological polar surface area (TPSA) is 111 Å². The number of carbonyl (C=O) groups is 1. The van der Waals surface area contributed by atoms with Crippen LogP contribution in [0.15, 0.2) is 42.7 Å². The molecule has 1 aliphatic carbocycles. The van der Waals surface area contributed by atoms with E-state index < -0.39 is 6.17 Å². The van der Waals surface area contributed by atoms with Gasteiger partial charge in [-0.3, -0.25) is 4.79 Å². The largest absolute Gasteiger partial charge is 0.383 e. The van der Waals surface area contributed by atoms with Gasteiger partial charge in [-0.15, -0.1) is 10.2 Å². The van der Waals surface area contributed by atoms with E-state index in [0.717, 1.165) is 11.3 Å². The van der Waals surface area contributed by atoms with E-state index in [-0.39, 0.29) is 11.9 Å². The van der Waals surface area contributed by atoms with Gasteiger partial charge in [-0.05, 0) is 35.9 Å². The van der Waals surface area contributed by atoms with Crippen LogP contribution in [-0.4, -0.2) is 62.2 Å². The van der Waals surface area contributed by atoms with Crippen molar-refractivity contribution in [1.82, 2.24) is 29.8 Å². The molecule has 10 nitrogen and oxygen atoms in total. The molecule has 3 aromatic heterocycles. The Balaban J connectivity index is 1.35. The lowest BCUT2D eigenvalue weighted by Crippen LogP contribution is -2.29. The van der Waals surface area contributed by atoms with Crippen LogP contribution in [0.4, 0.5) is 15.8 Å². The number of benzene rings is 1. The van der Waals surface area contributed by atoms with E-state index in [4.69, 9.17) is 4.74 Å². The van der Waals surface area contributed by atoms with Crippen molar-refractivity contribution in [3.63, 3.8) is 0 Å². The molecule has 34 heavy (non-hydrogen) atoms. The Morgan fingerprint density at radius 3 is 2.91 bits per heavy atom. The highest BCUT2D eigenvalue weighted by molar-refractivity contribution is 6.09. The molecule has 1 saturated carbocycles. The van der Waals surface area contributed by atoms with Crippen LogP contribution < -0.4 is 10.6 Å². The van der Waals surface area contributed by atoms with Crippen molar-refractivity contribution in [2.45, 2.75) is 32.0 Å². The van der Waals surface area contributed by atoms with Gasteiger partial charge in [0.2, 0.25) is 5.82 Å². The van der Waals surface area contributed by atoms with Crippen LogP contribution >= 0.6 is 0 Å². The summed E-state index contributed by atoms with van der Waals surface area (Å²) in [6.45, 7) is 3.14. The van der Waals surface area contributed by atoms with Gasteiger partial charge in [-0.1, -0.05) is 12.1 Å². The van der Waals surface area contributed by atoms with E-state index in [1.807, 2.05) is 37.3 Å². The van der Waals surface area contributed by atoms with Crippen molar-refractivity contribution in [3.05, 3.63) is 53.9 Å². The third kappa shape index (κ3) is 4.34. The molecule has 0 spiro atoms. The number of fused-ring (bicyclic) bond motifs is 1. The maximum atomic E-state index is 13.2. The molecule has 1 amide bonds. The molecule has 0 radical (unpaired) electrons. The number of ether oxygens (including phenoxy) is 1. The summed E-state index contributed by atoms with van der Waals surface area (Å²) in [4.78, 5) is 14.6. The lowest BCUT2D eigenvalue weighted by Gasteiger charge is -2.27. The first kappa shape index (κ1) is 22.0. The van der Waals surface area contributed by atoms with Crippen molar-refractivity contribution < 1.29 is 13.9 Å². The van der Waals surface area contributed by atoms with Crippen LogP contribution in [0.25, 0.3) is 16.9 Å². The number of nitrogens with zero attached hydrogens (tertiary/aromatic N) is 6. The number of nitrogens with one attached hydrogen (secondary N) is 2. The number of hydrogen-bond acceptors (Lipinski definition) is 7. The SMILES string of the molecule is COCCNc1ccn2ncc(C(=O)Nc3cc(-c4nnn(C5CC(F)C5)n4)ccc3C)c2c1. The summed E-state index contributed by atoms with van der Waals surface area (Å²) in [6.07, 6.45) is 3.38. The molecule has 3 heterocycles. The highest BCUT2D eigenvalue weighted by Gasteiger charge is 2.32. The van der Waals surface area contributed by atoms with E-state index in [2.05, 4.69) is 31.1 Å². The minimum Gasteiger partial charge on any atom is -0.383 e. The average molecular weight is 465 g/mol. The van der Waals surface area contributed by atoms with Crippen LogP contribution in [-0.2, 0) is 4.74 Å². The van der Waals surface area contributed by atoms with Gasteiger partial charge in [-0.25, -0.2) is 8.91 Å². The molecule has 1 aliphatic rings. The first-order valence-electron chi connectivity index (χ1n) is 11.1. The molecular weight excluding hydrogens is 439 g/mol. The van der Waals surface area contributed by atoms with Crippen LogP contribution in [0, 0.1) is 6.92 Å². The number of carbonyl (C=O) groups excluding carboxylic acids is 1. The summed E-state index contributed by atoms with van der Waals surface area (Å²) in [5.41, 5.74) is 4.26. The highest BCUT2D eigenvalue weighted by Crippen LogP contribution is 2.33. The summed E-state index contributed by atoms with van der Waals surface area (Å²) in [5.74, 6) is 0.157. The van der Waals surface area contributed by atoms with Crippen LogP contribution in [0.3, 0.4) is 0 Å². The lowest BCUT2D eigenvalue weighted by molar-refractivity contribution is 0.102. The molecule has 4 aromatic rings. The normalized spacial score (nSPS) is 17.5. The molecule has 0 aliphatic heterocycles. The maximum absolute atomic E-state index is 13.2. The van der Waals surface area contributed by atoms with E-state index in [1.165, 1.54) is 4.80 Å². The number of methoxy groups -OCH3 is 1. The first-order chi connectivity index (χ1) is 16.5. The Bertz CT molecular complexity index is 1330. The van der Waals surface area contributed by atoms with Crippen molar-refractivity contribution in [3.8, 4) is 11.4 Å². The number of aromatic nitrogens is 6. The number of hydrogen-bond donors (Lipinski definition) is 2. The van der Waals surface area contributed by atoms with Gasteiger partial charge in [0.1, 0.15) is 6.17 Å². The number of rotatable bonds is 8. The molecule has 0 unspecified atom stereocenters. The molecule has 5 rings (SSSR count). The molecule has 1 aromatic carbocycles. The molecule has 2 N–H and O–H groups in total. The molecule has 11 heteroatoms. The Labute approximate surface area is 195 Å². The van der Waals surface area contributed by atoms with E-state index in [9.17, 15) is 9.18 Å². The average Bonchev–Trinajstić information content (AvgIpc) is 3.46. The molecule has 176 valence electrons. The summed E-state index contributed by atoms with van der Waals surface area (Å²) in [5, 5.41) is 23.1. The molecule has 0 saturated heterocycles. The summed E-state index contributed by atoms with van der Waals surface area (Å²) in [6, 6.07) is 9.30. The summed E-state index contributed by atoms with van der Waals surface area (Å²) < 4.78 is 19.9. The fourth-order valence-corrected chi connectivity index (χ4v) is 3.85. The highest BCUT2D eigenvalue weighted by atomic mass is 19.1. The van der Waals surface area contributed by atoms with Gasteiger partial charge in [-0.2, -0.15) is 9.90 Å². The van der Waals surface area contributed by atoms with Gasteiger partial charge in [0.25, 0.3) is 5.91 Å². The third-order valence-corrected chi connectivity index (χ3v) is 5.96. The predicted octanol–water partition coefficient (Wildman–Crippen LogP) is 3.28. The zero-order valence-corrected chi connectivity index (χ0v) is 18.9. The smallest absolute Gasteiger partial charge is 0.259 e. The number of halogens is 1. The number of pyridine rings is 1. The standard InChI is InChI=1S/C23H25FN8O2/c1-14-3-4-15(22-28-30-32(29-22)18-10-16(24)11-18)9-20(14)27-23(33)19-13-26-31-7-5-17(12-21(19)31)25-6-8-34-2/h3-5,7,9,12-13,16,18,25H,6,8,10-11H2,1-2H3,(H,27,33). The van der Waals surface area contributed by atoms with Crippen molar-refractivity contribution >= 4 is 22.8 Å². The minimum absolute atomic E-state index is 0.0506. The molecule has 0 atom stereocenters. The monoisotopic (exact) mass is 464 g/mol. The maximum Gasteiger partial charge on any atom is 0.259 e. The third-order valence-electron chi connectivity index (χ3n) is 5.96. The minimum atomic E-state index is -0.794. The van der Waals surface area contributed by atoms with Crippen LogP contribution in [0.5, 0.6) is 0 Å².